The molecule has 0 radical (unpaired) electrons. The maximum atomic E-state index is 12.5. The van der Waals surface area contributed by atoms with Crippen molar-refractivity contribution in [1.82, 2.24) is 0 Å². The number of esters is 1. The Morgan fingerprint density at radius 2 is 1.76 bits per heavy atom. The third kappa shape index (κ3) is 5.78. The van der Waals surface area contributed by atoms with Gasteiger partial charge in [0.25, 0.3) is 0 Å². The van der Waals surface area contributed by atoms with Crippen LogP contribution in [0.5, 0.6) is 0 Å². The molecule has 1 aromatic carbocycles. The molecule has 0 aliphatic heterocycles. The van der Waals surface area contributed by atoms with Crippen molar-refractivity contribution in [2.24, 2.45) is 0 Å². The van der Waals surface area contributed by atoms with Crippen LogP contribution in [0.2, 0.25) is 0 Å². The lowest BCUT2D eigenvalue weighted by atomic mass is 9.91. The molecule has 0 unspecified atom stereocenters. The molecule has 118 valence electrons. The number of halogens is 3. The lowest BCUT2D eigenvalue weighted by molar-refractivity contribution is -0.148. The van der Waals surface area contributed by atoms with Gasteiger partial charge in [-0.3, -0.25) is 4.79 Å². The predicted octanol–water partition coefficient (Wildman–Crippen LogP) is 4.93. The van der Waals surface area contributed by atoms with Gasteiger partial charge in [-0.25, -0.2) is 0 Å². The van der Waals surface area contributed by atoms with E-state index < -0.39 is 11.7 Å². The van der Waals surface area contributed by atoms with Crippen molar-refractivity contribution in [1.29, 1.82) is 0 Å². The van der Waals surface area contributed by atoms with Gasteiger partial charge in [-0.05, 0) is 43.9 Å². The molecule has 0 N–H and O–H groups in total. The highest BCUT2D eigenvalue weighted by Crippen LogP contribution is 2.32. The minimum atomic E-state index is -4.34. The van der Waals surface area contributed by atoms with E-state index in [1.165, 1.54) is 12.1 Å². The van der Waals surface area contributed by atoms with Gasteiger partial charge < -0.3 is 4.74 Å². The average molecular weight is 302 g/mol. The molecule has 0 saturated heterocycles. The van der Waals surface area contributed by atoms with Crippen molar-refractivity contribution in [3.63, 3.8) is 0 Å². The Bertz CT molecular complexity index is 450. The van der Waals surface area contributed by atoms with Crippen molar-refractivity contribution in [2.45, 2.75) is 58.2 Å². The van der Waals surface area contributed by atoms with Crippen molar-refractivity contribution in [2.75, 3.05) is 0 Å². The topological polar surface area (TPSA) is 26.3 Å². The number of rotatable bonds is 6. The zero-order chi connectivity index (χ0) is 16.0. The van der Waals surface area contributed by atoms with Crippen LogP contribution in [0.4, 0.5) is 13.2 Å². The smallest absolute Gasteiger partial charge is 0.416 e. The Morgan fingerprint density at radius 1 is 1.19 bits per heavy atom. The highest BCUT2D eigenvalue weighted by atomic mass is 19.4. The zero-order valence-corrected chi connectivity index (χ0v) is 12.5. The summed E-state index contributed by atoms with van der Waals surface area (Å²) < 4.78 is 42.8. The lowest BCUT2D eigenvalue weighted by Crippen LogP contribution is -2.15. The first-order valence-electron chi connectivity index (χ1n) is 7.10. The van der Waals surface area contributed by atoms with Gasteiger partial charge in [0.2, 0.25) is 0 Å². The van der Waals surface area contributed by atoms with E-state index in [1.807, 2.05) is 6.92 Å². The second-order valence-electron chi connectivity index (χ2n) is 5.35. The van der Waals surface area contributed by atoms with Crippen LogP contribution < -0.4 is 0 Å². The van der Waals surface area contributed by atoms with Gasteiger partial charge in [-0.1, -0.05) is 25.5 Å². The van der Waals surface area contributed by atoms with E-state index in [1.54, 1.807) is 13.8 Å². The van der Waals surface area contributed by atoms with Crippen molar-refractivity contribution in [3.8, 4) is 0 Å². The summed E-state index contributed by atoms with van der Waals surface area (Å²) in [4.78, 5) is 11.7. The molecule has 1 atom stereocenters. The summed E-state index contributed by atoms with van der Waals surface area (Å²) in [6.07, 6.45) is -2.75. The molecule has 0 bridgehead atoms. The Morgan fingerprint density at radius 3 is 2.19 bits per heavy atom. The highest BCUT2D eigenvalue weighted by molar-refractivity contribution is 5.70. The van der Waals surface area contributed by atoms with Gasteiger partial charge in [-0.2, -0.15) is 13.2 Å². The first-order chi connectivity index (χ1) is 9.74. The lowest BCUT2D eigenvalue weighted by Gasteiger charge is -2.18. The fourth-order valence-electron chi connectivity index (χ4n) is 2.19. The van der Waals surface area contributed by atoms with Gasteiger partial charge in [0.1, 0.15) is 0 Å². The summed E-state index contributed by atoms with van der Waals surface area (Å²) in [6.45, 7) is 5.51. The standard InChI is InChI=1S/C16H21F3O2/c1-4-5-13(10-15(20)21-11(2)3)12-6-8-14(9-7-12)16(17,18)19/h6-9,11,13H,4-5,10H2,1-3H3/t13-/m1/s1. The molecule has 0 spiro atoms. The molecule has 0 heterocycles. The van der Waals surface area contributed by atoms with Crippen LogP contribution in [0.1, 0.15) is 57.1 Å². The van der Waals surface area contributed by atoms with Gasteiger partial charge >= 0.3 is 12.1 Å². The van der Waals surface area contributed by atoms with Crippen LogP contribution in [0.15, 0.2) is 24.3 Å². The molecule has 0 aromatic heterocycles. The molecule has 0 fully saturated rings. The quantitative estimate of drug-likeness (QED) is 0.696. The Balaban J connectivity index is 2.83. The fraction of sp³-hybridized carbons (Fsp3) is 0.562. The van der Waals surface area contributed by atoms with E-state index in [4.69, 9.17) is 4.74 Å². The summed E-state index contributed by atoms with van der Waals surface area (Å²) in [5, 5.41) is 0. The number of hydrogen-bond acceptors (Lipinski definition) is 2. The van der Waals surface area contributed by atoms with Crippen LogP contribution >= 0.6 is 0 Å². The van der Waals surface area contributed by atoms with Crippen LogP contribution in [0.3, 0.4) is 0 Å². The summed E-state index contributed by atoms with van der Waals surface area (Å²) in [7, 11) is 0. The molecule has 0 saturated carbocycles. The minimum absolute atomic E-state index is 0.108. The highest BCUT2D eigenvalue weighted by Gasteiger charge is 2.30. The molecule has 0 aliphatic rings. The van der Waals surface area contributed by atoms with Gasteiger partial charge in [0.15, 0.2) is 0 Å². The second kappa shape index (κ2) is 7.48. The van der Waals surface area contributed by atoms with Gasteiger partial charge in [-0.15, -0.1) is 0 Å². The first kappa shape index (κ1) is 17.5. The maximum absolute atomic E-state index is 12.5. The monoisotopic (exact) mass is 302 g/mol. The van der Waals surface area contributed by atoms with Gasteiger partial charge in [0, 0.05) is 0 Å². The van der Waals surface area contributed by atoms with Crippen LogP contribution in [0, 0.1) is 0 Å². The summed E-state index contributed by atoms with van der Waals surface area (Å²) in [6, 6.07) is 5.02. The zero-order valence-electron chi connectivity index (χ0n) is 12.5. The maximum Gasteiger partial charge on any atom is 0.416 e. The molecule has 5 heteroatoms. The van der Waals surface area contributed by atoms with Crippen molar-refractivity contribution >= 4 is 5.97 Å². The SMILES string of the molecule is CCC[C@H](CC(=O)OC(C)C)c1ccc(C(F)(F)F)cc1. The van der Waals surface area contributed by atoms with Crippen LogP contribution in [0.25, 0.3) is 0 Å². The summed E-state index contributed by atoms with van der Waals surface area (Å²) in [5.41, 5.74) is 0.0665. The Labute approximate surface area is 123 Å². The van der Waals surface area contributed by atoms with Crippen molar-refractivity contribution in [3.05, 3.63) is 35.4 Å². The number of carbonyl (C=O) groups excluding carboxylic acids is 1. The van der Waals surface area contributed by atoms with Crippen LogP contribution in [-0.2, 0) is 15.7 Å². The molecular formula is C16H21F3O2. The van der Waals surface area contributed by atoms with E-state index in [2.05, 4.69) is 0 Å². The van der Waals surface area contributed by atoms with E-state index >= 15 is 0 Å². The Hall–Kier alpha value is -1.52. The van der Waals surface area contributed by atoms with E-state index in [9.17, 15) is 18.0 Å². The molecular weight excluding hydrogens is 281 g/mol. The van der Waals surface area contributed by atoms with Gasteiger partial charge in [0.05, 0.1) is 18.1 Å². The van der Waals surface area contributed by atoms with Crippen LogP contribution in [-0.4, -0.2) is 12.1 Å². The number of carbonyl (C=O) groups is 1. The number of hydrogen-bond donors (Lipinski definition) is 0. The number of benzene rings is 1. The van der Waals surface area contributed by atoms with Crippen molar-refractivity contribution < 1.29 is 22.7 Å². The summed E-state index contributed by atoms with van der Waals surface area (Å²) in [5.74, 6) is -0.424. The first-order valence-corrected chi connectivity index (χ1v) is 7.10. The minimum Gasteiger partial charge on any atom is -0.463 e. The summed E-state index contributed by atoms with van der Waals surface area (Å²) >= 11 is 0. The van der Waals surface area contributed by atoms with E-state index in [0.29, 0.717) is 0 Å². The molecule has 2 nitrogen and oxygen atoms in total. The normalized spacial score (nSPS) is 13.3. The molecule has 1 aromatic rings. The average Bonchev–Trinajstić information content (AvgIpc) is 2.36. The second-order valence-corrected chi connectivity index (χ2v) is 5.35. The predicted molar refractivity (Wildman–Crippen MR) is 74.9 cm³/mol. The van der Waals surface area contributed by atoms with E-state index in [-0.39, 0.29) is 24.4 Å². The Kier molecular flexibility index (Phi) is 6.24. The molecule has 0 amide bonds. The third-order valence-corrected chi connectivity index (χ3v) is 3.13. The third-order valence-electron chi connectivity index (χ3n) is 3.13. The fourth-order valence-corrected chi connectivity index (χ4v) is 2.19. The molecule has 21 heavy (non-hydrogen) atoms. The molecule has 0 aliphatic carbocycles. The largest absolute Gasteiger partial charge is 0.463 e. The number of ether oxygens (including phenoxy) is 1. The molecule has 1 rings (SSSR count). The van der Waals surface area contributed by atoms with E-state index in [0.717, 1.165) is 30.5 Å². The number of alkyl halides is 3.